The van der Waals surface area contributed by atoms with Gasteiger partial charge in [-0.05, 0) is 37.3 Å². The van der Waals surface area contributed by atoms with Crippen LogP contribution in [0.2, 0.25) is 0 Å². The molecule has 0 unspecified atom stereocenters. The summed E-state index contributed by atoms with van der Waals surface area (Å²) in [6.07, 6.45) is 3.44. The first-order chi connectivity index (χ1) is 14.2. The Bertz CT molecular complexity index is 981. The summed E-state index contributed by atoms with van der Waals surface area (Å²) < 4.78 is 19.7. The van der Waals surface area contributed by atoms with Gasteiger partial charge in [-0.1, -0.05) is 12.1 Å². The Labute approximate surface area is 168 Å². The van der Waals surface area contributed by atoms with Crippen molar-refractivity contribution in [2.75, 3.05) is 26.3 Å². The van der Waals surface area contributed by atoms with E-state index in [9.17, 15) is 4.79 Å². The number of aromatic nitrogens is 2. The zero-order valence-electron chi connectivity index (χ0n) is 16.2. The van der Waals surface area contributed by atoms with E-state index >= 15 is 0 Å². The van der Waals surface area contributed by atoms with E-state index in [2.05, 4.69) is 5.10 Å². The van der Waals surface area contributed by atoms with Crippen molar-refractivity contribution in [3.05, 3.63) is 66.2 Å². The number of fused-ring (bicyclic) bond motifs is 1. The average Bonchev–Trinajstić information content (AvgIpc) is 3.48. The number of aryl methyl sites for hydroxylation is 1. The number of benzene rings is 1. The molecule has 0 N–H and O–H groups in total. The monoisotopic (exact) mass is 393 g/mol. The van der Waals surface area contributed by atoms with Crippen LogP contribution in [0.1, 0.15) is 22.2 Å². The van der Waals surface area contributed by atoms with E-state index in [1.54, 1.807) is 6.20 Å². The zero-order chi connectivity index (χ0) is 19.8. The van der Waals surface area contributed by atoms with Gasteiger partial charge in [0.25, 0.3) is 5.91 Å². The van der Waals surface area contributed by atoms with Crippen LogP contribution < -0.4 is 0 Å². The lowest BCUT2D eigenvalue weighted by Crippen LogP contribution is -2.31. The first-order valence-electron chi connectivity index (χ1n) is 9.86. The Morgan fingerprint density at radius 2 is 1.86 bits per heavy atom. The number of hydrogen-bond acceptors (Lipinski definition) is 5. The lowest BCUT2D eigenvalue weighted by Gasteiger charge is -2.19. The molecule has 2 aromatic heterocycles. The van der Waals surface area contributed by atoms with Crippen LogP contribution in [-0.4, -0.2) is 59.1 Å². The smallest absolute Gasteiger partial charge is 0.254 e. The number of ether oxygens (including phenoxy) is 2. The molecule has 2 fully saturated rings. The highest BCUT2D eigenvalue weighted by Gasteiger charge is 2.39. The number of furan rings is 1. The van der Waals surface area contributed by atoms with Crippen LogP contribution in [0.5, 0.6) is 0 Å². The second kappa shape index (κ2) is 7.50. The van der Waals surface area contributed by atoms with Crippen molar-refractivity contribution < 1.29 is 18.7 Å². The van der Waals surface area contributed by atoms with Crippen LogP contribution in [0.3, 0.4) is 0 Å². The second-order valence-electron chi connectivity index (χ2n) is 7.58. The Hall–Kier alpha value is -2.90. The normalized spacial score (nSPS) is 22.4. The summed E-state index contributed by atoms with van der Waals surface area (Å²) in [6.45, 7) is 4.01. The predicted molar refractivity (Wildman–Crippen MR) is 106 cm³/mol. The van der Waals surface area contributed by atoms with E-state index < -0.39 is 0 Å². The highest BCUT2D eigenvalue weighted by atomic mass is 16.6. The van der Waals surface area contributed by atoms with Gasteiger partial charge in [0.05, 0.1) is 19.3 Å². The van der Waals surface area contributed by atoms with E-state index in [-0.39, 0.29) is 24.2 Å². The molecule has 0 aliphatic carbocycles. The number of rotatable bonds is 3. The van der Waals surface area contributed by atoms with Gasteiger partial charge in [-0.3, -0.25) is 9.48 Å². The fourth-order valence-electron chi connectivity index (χ4n) is 3.97. The fourth-order valence-corrected chi connectivity index (χ4v) is 3.97. The van der Waals surface area contributed by atoms with E-state index in [1.165, 1.54) is 0 Å². The third-order valence-electron chi connectivity index (χ3n) is 5.54. The number of hydrogen-bond donors (Lipinski definition) is 0. The molecular formula is C22H23N3O4. The predicted octanol–water partition coefficient (Wildman–Crippen LogP) is 2.93. The highest BCUT2D eigenvalue weighted by molar-refractivity contribution is 5.95. The van der Waals surface area contributed by atoms with Crippen LogP contribution in [0.4, 0.5) is 0 Å². The summed E-state index contributed by atoms with van der Waals surface area (Å²) in [5.41, 5.74) is 1.54. The number of carbonyl (C=O) groups excluding carboxylic acids is 1. The largest absolute Gasteiger partial charge is 0.461 e. The van der Waals surface area contributed by atoms with Gasteiger partial charge >= 0.3 is 0 Å². The first-order valence-corrected chi connectivity index (χ1v) is 9.86. The Balaban J connectivity index is 1.27. The maximum atomic E-state index is 13.1. The van der Waals surface area contributed by atoms with E-state index in [0.29, 0.717) is 31.9 Å². The molecule has 2 aliphatic heterocycles. The SMILES string of the molecule is Cc1ccc(-c2cccc(C(=O)N3C[C@@H]4OCC(n5cccn5)CO[C@H]4C3)c2)o1. The molecule has 7 heteroatoms. The van der Waals surface area contributed by atoms with Crippen LogP contribution >= 0.6 is 0 Å². The number of likely N-dealkylation sites (tertiary alicyclic amines) is 1. The molecule has 3 aromatic rings. The maximum absolute atomic E-state index is 13.1. The van der Waals surface area contributed by atoms with Crippen molar-refractivity contribution in [2.45, 2.75) is 25.2 Å². The third kappa shape index (κ3) is 3.59. The van der Waals surface area contributed by atoms with Gasteiger partial charge in [0.15, 0.2) is 0 Å². The molecule has 2 aliphatic rings. The summed E-state index contributed by atoms with van der Waals surface area (Å²) in [5, 5.41) is 4.28. The van der Waals surface area contributed by atoms with Crippen molar-refractivity contribution in [1.29, 1.82) is 0 Å². The zero-order valence-corrected chi connectivity index (χ0v) is 16.2. The molecule has 0 bridgehead atoms. The molecule has 29 heavy (non-hydrogen) atoms. The van der Waals surface area contributed by atoms with Gasteiger partial charge in [0, 0.05) is 36.6 Å². The topological polar surface area (TPSA) is 69.7 Å². The Morgan fingerprint density at radius 1 is 1.07 bits per heavy atom. The molecule has 2 saturated heterocycles. The van der Waals surface area contributed by atoms with Gasteiger partial charge in [-0.2, -0.15) is 5.10 Å². The van der Waals surface area contributed by atoms with Gasteiger partial charge in [-0.25, -0.2) is 0 Å². The van der Waals surface area contributed by atoms with Gasteiger partial charge in [0.2, 0.25) is 0 Å². The minimum absolute atomic E-state index is 0.0148. The van der Waals surface area contributed by atoms with E-state index in [1.807, 2.05) is 65.2 Å². The van der Waals surface area contributed by atoms with Crippen LogP contribution in [0, 0.1) is 6.92 Å². The van der Waals surface area contributed by atoms with Gasteiger partial charge < -0.3 is 18.8 Å². The van der Waals surface area contributed by atoms with Crippen LogP contribution in [0.15, 0.2) is 59.3 Å². The lowest BCUT2D eigenvalue weighted by atomic mass is 10.1. The standard InChI is InChI=1S/C22H23N3O4/c1-15-6-7-19(29-15)16-4-2-5-17(10-16)22(26)24-11-20-21(12-24)28-14-18(13-27-20)25-9-3-8-23-25/h2-10,18,20-21H,11-14H2,1H3/t20-,21-/m0/s1. The van der Waals surface area contributed by atoms with Gasteiger partial charge in [0.1, 0.15) is 23.7 Å². The third-order valence-corrected chi connectivity index (χ3v) is 5.54. The number of nitrogens with zero attached hydrogens (tertiary/aromatic N) is 3. The summed E-state index contributed by atoms with van der Waals surface area (Å²) in [7, 11) is 0. The molecule has 150 valence electrons. The summed E-state index contributed by atoms with van der Waals surface area (Å²) >= 11 is 0. The van der Waals surface area contributed by atoms with Crippen molar-refractivity contribution in [2.24, 2.45) is 0 Å². The molecule has 5 rings (SSSR count). The van der Waals surface area contributed by atoms with Crippen molar-refractivity contribution >= 4 is 5.91 Å². The molecule has 0 saturated carbocycles. The summed E-state index contributed by atoms with van der Waals surface area (Å²) in [5.74, 6) is 1.60. The number of carbonyl (C=O) groups is 1. The second-order valence-corrected chi connectivity index (χ2v) is 7.58. The Kier molecular flexibility index (Phi) is 4.69. The maximum Gasteiger partial charge on any atom is 0.254 e. The van der Waals surface area contributed by atoms with Gasteiger partial charge in [-0.15, -0.1) is 0 Å². The Morgan fingerprint density at radius 3 is 2.52 bits per heavy atom. The quantitative estimate of drug-likeness (QED) is 0.684. The summed E-state index contributed by atoms with van der Waals surface area (Å²) in [4.78, 5) is 14.9. The molecule has 1 aromatic carbocycles. The van der Waals surface area contributed by atoms with Crippen molar-refractivity contribution in [3.8, 4) is 11.3 Å². The van der Waals surface area contributed by atoms with E-state index in [4.69, 9.17) is 13.9 Å². The minimum atomic E-state index is -0.115. The molecular weight excluding hydrogens is 370 g/mol. The van der Waals surface area contributed by atoms with E-state index in [0.717, 1.165) is 17.1 Å². The fraction of sp³-hybridized carbons (Fsp3) is 0.364. The van der Waals surface area contributed by atoms with Crippen LogP contribution in [-0.2, 0) is 9.47 Å². The van der Waals surface area contributed by atoms with Crippen LogP contribution in [0.25, 0.3) is 11.3 Å². The highest BCUT2D eigenvalue weighted by Crippen LogP contribution is 2.27. The molecule has 1 amide bonds. The first kappa shape index (κ1) is 18.1. The molecule has 0 spiro atoms. The lowest BCUT2D eigenvalue weighted by molar-refractivity contribution is -0.00461. The molecule has 0 radical (unpaired) electrons. The molecule has 4 heterocycles. The molecule has 2 atom stereocenters. The number of amides is 1. The minimum Gasteiger partial charge on any atom is -0.461 e. The van der Waals surface area contributed by atoms with Crippen molar-refractivity contribution in [1.82, 2.24) is 14.7 Å². The molecule has 7 nitrogen and oxygen atoms in total. The summed E-state index contributed by atoms with van der Waals surface area (Å²) in [6, 6.07) is 13.3. The van der Waals surface area contributed by atoms with Crippen molar-refractivity contribution in [3.63, 3.8) is 0 Å². The average molecular weight is 393 g/mol.